The average molecular weight is 377 g/mol. The van der Waals surface area contributed by atoms with Gasteiger partial charge in [-0.1, -0.05) is 42.5 Å². The number of tetrazole rings is 1. The number of carbonyl (C=O) groups excluding carboxylic acids is 1. The van der Waals surface area contributed by atoms with Gasteiger partial charge >= 0.3 is 5.97 Å². The maximum Gasteiger partial charge on any atom is 0.308 e. The predicted molar refractivity (Wildman–Crippen MR) is 101 cm³/mol. The molecule has 28 heavy (non-hydrogen) atoms. The van der Waals surface area contributed by atoms with Crippen molar-refractivity contribution in [3.8, 4) is 11.4 Å². The molecule has 142 valence electrons. The van der Waals surface area contributed by atoms with Crippen LogP contribution in [0.25, 0.3) is 11.4 Å². The van der Waals surface area contributed by atoms with Gasteiger partial charge in [0.05, 0.1) is 11.5 Å². The number of aryl methyl sites for hydroxylation is 1. The van der Waals surface area contributed by atoms with Gasteiger partial charge in [0, 0.05) is 24.6 Å². The molecule has 0 bridgehead atoms. The molecule has 0 aliphatic carbocycles. The molecule has 8 nitrogen and oxygen atoms in total. The number of rotatable bonds is 4. The number of benzene rings is 2. The van der Waals surface area contributed by atoms with Crippen LogP contribution >= 0.6 is 0 Å². The van der Waals surface area contributed by atoms with Crippen molar-refractivity contribution in [1.82, 2.24) is 25.5 Å². The highest BCUT2D eigenvalue weighted by molar-refractivity contribution is 6.00. The van der Waals surface area contributed by atoms with Crippen LogP contribution in [0.15, 0.2) is 48.5 Å². The molecule has 2 heterocycles. The highest BCUT2D eigenvalue weighted by Crippen LogP contribution is 2.36. The third-order valence-corrected chi connectivity index (χ3v) is 5.26. The fourth-order valence-corrected chi connectivity index (χ4v) is 3.85. The number of nitrogens with zero attached hydrogens (tertiary/aromatic N) is 4. The second-order valence-corrected chi connectivity index (χ2v) is 6.90. The molecule has 1 fully saturated rings. The Labute approximate surface area is 161 Å². The molecule has 1 amide bonds. The SMILES string of the molecule is Cc1ccccc1[C@@H]1CN(C(=O)c2ccccc2-c2nn[nH]n2)C[C@H]1C(=O)O. The maximum atomic E-state index is 13.2. The fourth-order valence-electron chi connectivity index (χ4n) is 3.85. The number of hydrogen-bond donors (Lipinski definition) is 2. The van der Waals surface area contributed by atoms with E-state index in [1.54, 1.807) is 29.2 Å². The lowest BCUT2D eigenvalue weighted by Crippen LogP contribution is -2.30. The van der Waals surface area contributed by atoms with Crippen LogP contribution in [0.2, 0.25) is 0 Å². The Kier molecular flexibility index (Phi) is 4.60. The molecule has 1 aromatic heterocycles. The first-order valence-corrected chi connectivity index (χ1v) is 8.96. The summed E-state index contributed by atoms with van der Waals surface area (Å²) < 4.78 is 0. The van der Waals surface area contributed by atoms with Crippen molar-refractivity contribution < 1.29 is 14.7 Å². The van der Waals surface area contributed by atoms with E-state index in [4.69, 9.17) is 0 Å². The molecule has 2 atom stereocenters. The summed E-state index contributed by atoms with van der Waals surface area (Å²) in [7, 11) is 0. The molecule has 0 unspecified atom stereocenters. The van der Waals surface area contributed by atoms with Crippen LogP contribution in [0.5, 0.6) is 0 Å². The normalized spacial score (nSPS) is 19.0. The highest BCUT2D eigenvalue weighted by Gasteiger charge is 2.41. The second kappa shape index (κ2) is 7.22. The monoisotopic (exact) mass is 377 g/mol. The van der Waals surface area contributed by atoms with Gasteiger partial charge in [0.25, 0.3) is 5.91 Å². The minimum Gasteiger partial charge on any atom is -0.481 e. The maximum absolute atomic E-state index is 13.2. The molecule has 3 aromatic rings. The van der Waals surface area contributed by atoms with Crippen LogP contribution < -0.4 is 0 Å². The Morgan fingerprint density at radius 3 is 2.57 bits per heavy atom. The smallest absolute Gasteiger partial charge is 0.308 e. The Morgan fingerprint density at radius 1 is 1.11 bits per heavy atom. The van der Waals surface area contributed by atoms with Crippen molar-refractivity contribution in [3.05, 3.63) is 65.2 Å². The van der Waals surface area contributed by atoms with E-state index in [1.807, 2.05) is 31.2 Å². The van der Waals surface area contributed by atoms with Crippen molar-refractivity contribution in [1.29, 1.82) is 0 Å². The van der Waals surface area contributed by atoms with Crippen LogP contribution in [0.3, 0.4) is 0 Å². The predicted octanol–water partition coefficient (Wildman–Crippen LogP) is 2.12. The zero-order valence-electron chi connectivity index (χ0n) is 15.2. The molecule has 1 saturated heterocycles. The number of carbonyl (C=O) groups is 2. The number of H-pyrrole nitrogens is 1. The number of carboxylic acids is 1. The van der Waals surface area contributed by atoms with Gasteiger partial charge < -0.3 is 10.0 Å². The second-order valence-electron chi connectivity index (χ2n) is 6.90. The van der Waals surface area contributed by atoms with Gasteiger partial charge in [0.2, 0.25) is 5.82 Å². The summed E-state index contributed by atoms with van der Waals surface area (Å²) in [5.74, 6) is -1.70. The van der Waals surface area contributed by atoms with E-state index in [1.165, 1.54) is 0 Å². The lowest BCUT2D eigenvalue weighted by atomic mass is 9.86. The summed E-state index contributed by atoms with van der Waals surface area (Å²) in [6, 6.07) is 14.7. The van der Waals surface area contributed by atoms with Crippen molar-refractivity contribution >= 4 is 11.9 Å². The Bertz CT molecular complexity index is 1020. The molecule has 0 spiro atoms. The van der Waals surface area contributed by atoms with E-state index in [0.717, 1.165) is 11.1 Å². The zero-order valence-corrected chi connectivity index (χ0v) is 15.2. The van der Waals surface area contributed by atoms with Crippen LogP contribution in [0, 0.1) is 12.8 Å². The Morgan fingerprint density at radius 2 is 1.86 bits per heavy atom. The van der Waals surface area contributed by atoms with Crippen molar-refractivity contribution in [3.63, 3.8) is 0 Å². The number of carboxylic acid groups (broad SMARTS) is 1. The van der Waals surface area contributed by atoms with Gasteiger partial charge in [-0.3, -0.25) is 9.59 Å². The summed E-state index contributed by atoms with van der Waals surface area (Å²) in [6.07, 6.45) is 0. The van der Waals surface area contributed by atoms with E-state index < -0.39 is 11.9 Å². The fraction of sp³-hybridized carbons (Fsp3) is 0.250. The summed E-state index contributed by atoms with van der Waals surface area (Å²) >= 11 is 0. The first-order chi connectivity index (χ1) is 13.6. The number of aromatic amines is 1. The van der Waals surface area contributed by atoms with Gasteiger partial charge in [-0.2, -0.15) is 5.21 Å². The largest absolute Gasteiger partial charge is 0.481 e. The average Bonchev–Trinajstić information content (AvgIpc) is 3.38. The number of nitrogens with one attached hydrogen (secondary N) is 1. The molecule has 1 aliphatic heterocycles. The molecule has 8 heteroatoms. The standard InChI is InChI=1S/C20H19N5O3/c1-12-6-2-3-7-13(12)16-10-25(11-17(16)20(27)28)19(26)15-9-5-4-8-14(15)18-21-23-24-22-18/h2-9,16-17H,10-11H2,1H3,(H,27,28)(H,21,22,23,24)/t16-,17+/m0/s1. The minimum atomic E-state index is -0.894. The number of likely N-dealkylation sites (tertiary alicyclic amines) is 1. The summed E-state index contributed by atoms with van der Waals surface area (Å²) in [5.41, 5.74) is 2.99. The van der Waals surface area contributed by atoms with E-state index in [9.17, 15) is 14.7 Å². The number of amides is 1. The number of aromatic nitrogens is 4. The zero-order chi connectivity index (χ0) is 19.7. The molecule has 2 aromatic carbocycles. The van der Waals surface area contributed by atoms with Crippen LogP contribution in [0.4, 0.5) is 0 Å². The number of hydrogen-bond acceptors (Lipinski definition) is 5. The molecule has 0 saturated carbocycles. The van der Waals surface area contributed by atoms with E-state index in [2.05, 4.69) is 20.6 Å². The van der Waals surface area contributed by atoms with Gasteiger partial charge in [-0.25, -0.2) is 0 Å². The Hall–Kier alpha value is -3.55. The third-order valence-electron chi connectivity index (χ3n) is 5.26. The first kappa shape index (κ1) is 17.8. The Balaban J connectivity index is 1.67. The third kappa shape index (κ3) is 3.13. The van der Waals surface area contributed by atoms with Gasteiger partial charge in [0.1, 0.15) is 0 Å². The lowest BCUT2D eigenvalue weighted by molar-refractivity contribution is -0.141. The summed E-state index contributed by atoms with van der Waals surface area (Å²) in [6.45, 7) is 2.47. The molecule has 2 N–H and O–H groups in total. The summed E-state index contributed by atoms with van der Waals surface area (Å²) in [4.78, 5) is 26.7. The molecular weight excluding hydrogens is 358 g/mol. The van der Waals surface area contributed by atoms with E-state index in [0.29, 0.717) is 23.5 Å². The molecule has 1 aliphatic rings. The van der Waals surface area contributed by atoms with Crippen molar-refractivity contribution in [2.75, 3.05) is 13.1 Å². The van der Waals surface area contributed by atoms with Crippen molar-refractivity contribution in [2.45, 2.75) is 12.8 Å². The van der Waals surface area contributed by atoms with Crippen molar-refractivity contribution in [2.24, 2.45) is 5.92 Å². The molecular formula is C20H19N5O3. The topological polar surface area (TPSA) is 112 Å². The quantitative estimate of drug-likeness (QED) is 0.720. The van der Waals surface area contributed by atoms with Crippen LogP contribution in [-0.2, 0) is 4.79 Å². The van der Waals surface area contributed by atoms with Gasteiger partial charge in [0.15, 0.2) is 0 Å². The summed E-state index contributed by atoms with van der Waals surface area (Å²) in [5, 5.41) is 23.6. The minimum absolute atomic E-state index is 0.160. The van der Waals surface area contributed by atoms with Gasteiger partial charge in [-0.05, 0) is 29.3 Å². The first-order valence-electron chi connectivity index (χ1n) is 8.96. The lowest BCUT2D eigenvalue weighted by Gasteiger charge is -2.18. The van der Waals surface area contributed by atoms with Gasteiger partial charge in [-0.15, -0.1) is 10.2 Å². The molecule has 0 radical (unpaired) electrons. The van der Waals surface area contributed by atoms with E-state index in [-0.39, 0.29) is 18.4 Å². The van der Waals surface area contributed by atoms with Crippen LogP contribution in [0.1, 0.15) is 27.4 Å². The van der Waals surface area contributed by atoms with E-state index >= 15 is 0 Å². The molecule has 4 rings (SSSR count). The number of aliphatic carboxylic acids is 1. The van der Waals surface area contributed by atoms with Crippen LogP contribution in [-0.4, -0.2) is 55.6 Å². The highest BCUT2D eigenvalue weighted by atomic mass is 16.4.